The summed E-state index contributed by atoms with van der Waals surface area (Å²) in [6.45, 7) is 0.702. The SMILES string of the molecule is COc1ccc(CCCC[C@H](CN)c2ccccc2)c(Cl)c1. The lowest BCUT2D eigenvalue weighted by Crippen LogP contribution is -2.12. The van der Waals surface area contributed by atoms with Crippen LogP contribution in [0.25, 0.3) is 0 Å². The molecule has 0 amide bonds. The number of nitrogens with two attached hydrogens (primary N) is 1. The zero-order valence-electron chi connectivity index (χ0n) is 13.1. The third kappa shape index (κ3) is 4.75. The van der Waals surface area contributed by atoms with E-state index < -0.39 is 0 Å². The van der Waals surface area contributed by atoms with Gasteiger partial charge in [-0.2, -0.15) is 0 Å². The Balaban J connectivity index is 1.81. The minimum Gasteiger partial charge on any atom is -0.497 e. The van der Waals surface area contributed by atoms with Gasteiger partial charge in [0, 0.05) is 5.02 Å². The lowest BCUT2D eigenvalue weighted by Gasteiger charge is -2.15. The van der Waals surface area contributed by atoms with E-state index in [1.807, 2.05) is 18.2 Å². The average Bonchev–Trinajstić information content (AvgIpc) is 2.57. The summed E-state index contributed by atoms with van der Waals surface area (Å²) in [7, 11) is 1.65. The second-order valence-corrected chi connectivity index (χ2v) is 5.95. The van der Waals surface area contributed by atoms with Crippen LogP contribution < -0.4 is 10.5 Å². The summed E-state index contributed by atoms with van der Waals surface area (Å²) >= 11 is 6.27. The summed E-state index contributed by atoms with van der Waals surface area (Å²) in [6.07, 6.45) is 4.39. The molecule has 2 N–H and O–H groups in total. The normalized spacial score (nSPS) is 12.1. The van der Waals surface area contributed by atoms with Gasteiger partial charge in [-0.1, -0.05) is 54.4 Å². The second kappa shape index (κ2) is 8.82. The van der Waals surface area contributed by atoms with Crippen LogP contribution in [0.5, 0.6) is 5.75 Å². The Hall–Kier alpha value is -1.51. The Morgan fingerprint density at radius 1 is 1.09 bits per heavy atom. The number of ether oxygens (including phenoxy) is 1. The van der Waals surface area contributed by atoms with E-state index in [0.717, 1.165) is 36.5 Å². The van der Waals surface area contributed by atoms with Gasteiger partial charge in [-0.25, -0.2) is 0 Å². The van der Waals surface area contributed by atoms with Gasteiger partial charge in [-0.15, -0.1) is 0 Å². The van der Waals surface area contributed by atoms with Crippen molar-refractivity contribution in [2.24, 2.45) is 5.73 Å². The fourth-order valence-corrected chi connectivity index (χ4v) is 2.97. The monoisotopic (exact) mass is 317 g/mol. The molecule has 0 bridgehead atoms. The van der Waals surface area contributed by atoms with Crippen molar-refractivity contribution in [1.82, 2.24) is 0 Å². The fourth-order valence-electron chi connectivity index (χ4n) is 2.71. The summed E-state index contributed by atoms with van der Waals surface area (Å²) in [6, 6.07) is 16.4. The summed E-state index contributed by atoms with van der Waals surface area (Å²) in [5, 5.41) is 0.790. The van der Waals surface area contributed by atoms with Crippen molar-refractivity contribution < 1.29 is 4.74 Å². The maximum atomic E-state index is 6.27. The third-order valence-electron chi connectivity index (χ3n) is 4.06. The minimum absolute atomic E-state index is 0.451. The molecule has 0 spiro atoms. The average molecular weight is 318 g/mol. The number of unbranched alkanes of at least 4 members (excludes halogenated alkanes) is 1. The Labute approximate surface area is 138 Å². The first kappa shape index (κ1) is 16.9. The molecule has 0 aliphatic heterocycles. The highest BCUT2D eigenvalue weighted by molar-refractivity contribution is 6.31. The van der Waals surface area contributed by atoms with Crippen LogP contribution in [0.4, 0.5) is 0 Å². The zero-order valence-corrected chi connectivity index (χ0v) is 13.9. The predicted octanol–water partition coefficient (Wildman–Crippen LogP) is 4.80. The van der Waals surface area contributed by atoms with Gasteiger partial charge in [0.25, 0.3) is 0 Å². The molecule has 0 aromatic heterocycles. The van der Waals surface area contributed by atoms with Crippen molar-refractivity contribution >= 4 is 11.6 Å². The molecule has 2 nitrogen and oxygen atoms in total. The maximum absolute atomic E-state index is 6.27. The Bertz CT molecular complexity index is 571. The largest absolute Gasteiger partial charge is 0.497 e. The third-order valence-corrected chi connectivity index (χ3v) is 4.42. The van der Waals surface area contributed by atoms with Gasteiger partial charge >= 0.3 is 0 Å². The van der Waals surface area contributed by atoms with Gasteiger partial charge in [0.15, 0.2) is 0 Å². The molecule has 0 heterocycles. The molecule has 1 atom stereocenters. The zero-order chi connectivity index (χ0) is 15.8. The highest BCUT2D eigenvalue weighted by Crippen LogP contribution is 2.25. The number of halogens is 1. The molecule has 0 saturated carbocycles. The maximum Gasteiger partial charge on any atom is 0.120 e. The molecular formula is C19H24ClNO. The van der Waals surface area contributed by atoms with E-state index >= 15 is 0 Å². The minimum atomic E-state index is 0.451. The Kier molecular flexibility index (Phi) is 6.75. The fraction of sp³-hybridized carbons (Fsp3) is 0.368. The van der Waals surface area contributed by atoms with E-state index in [1.54, 1.807) is 7.11 Å². The van der Waals surface area contributed by atoms with Crippen molar-refractivity contribution in [3.63, 3.8) is 0 Å². The van der Waals surface area contributed by atoms with E-state index in [1.165, 1.54) is 11.1 Å². The second-order valence-electron chi connectivity index (χ2n) is 5.55. The van der Waals surface area contributed by atoms with Crippen LogP contribution in [-0.2, 0) is 6.42 Å². The molecule has 2 aromatic carbocycles. The first-order chi connectivity index (χ1) is 10.7. The van der Waals surface area contributed by atoms with Crippen LogP contribution in [0, 0.1) is 0 Å². The van der Waals surface area contributed by atoms with Crippen LogP contribution in [0.1, 0.15) is 36.3 Å². The smallest absolute Gasteiger partial charge is 0.120 e. The Morgan fingerprint density at radius 3 is 2.50 bits per heavy atom. The Morgan fingerprint density at radius 2 is 1.86 bits per heavy atom. The lowest BCUT2D eigenvalue weighted by molar-refractivity contribution is 0.414. The molecule has 0 fully saturated rings. The van der Waals surface area contributed by atoms with Crippen LogP contribution in [0.2, 0.25) is 5.02 Å². The molecule has 0 radical (unpaired) electrons. The highest BCUT2D eigenvalue weighted by atomic mass is 35.5. The number of methoxy groups -OCH3 is 1. The molecule has 0 aliphatic carbocycles. The molecule has 0 unspecified atom stereocenters. The van der Waals surface area contributed by atoms with E-state index in [-0.39, 0.29) is 0 Å². The van der Waals surface area contributed by atoms with Gasteiger partial charge in [-0.05, 0) is 55.0 Å². The molecule has 0 aliphatic rings. The number of hydrogen-bond donors (Lipinski definition) is 1. The van der Waals surface area contributed by atoms with Crippen molar-refractivity contribution in [1.29, 1.82) is 0 Å². The summed E-state index contributed by atoms with van der Waals surface area (Å²) in [5.41, 5.74) is 8.45. The van der Waals surface area contributed by atoms with Crippen LogP contribution in [0.15, 0.2) is 48.5 Å². The number of benzene rings is 2. The van der Waals surface area contributed by atoms with Gasteiger partial charge in [0.1, 0.15) is 5.75 Å². The molecule has 22 heavy (non-hydrogen) atoms. The standard InChI is InChI=1S/C19H24ClNO/c1-22-18-12-11-16(19(20)13-18)9-5-6-10-17(14-21)15-7-3-2-4-8-15/h2-4,7-8,11-13,17H,5-6,9-10,14,21H2,1H3/t17-/m1/s1. The molecule has 118 valence electrons. The van der Waals surface area contributed by atoms with Gasteiger partial charge in [0.2, 0.25) is 0 Å². The lowest BCUT2D eigenvalue weighted by atomic mass is 9.93. The van der Waals surface area contributed by atoms with Gasteiger partial charge in [0.05, 0.1) is 7.11 Å². The highest BCUT2D eigenvalue weighted by Gasteiger charge is 2.09. The molecule has 3 heteroatoms. The molecular weight excluding hydrogens is 294 g/mol. The molecule has 2 aromatic rings. The van der Waals surface area contributed by atoms with Gasteiger partial charge < -0.3 is 10.5 Å². The first-order valence-corrected chi connectivity index (χ1v) is 8.20. The summed E-state index contributed by atoms with van der Waals surface area (Å²) in [4.78, 5) is 0. The van der Waals surface area contributed by atoms with E-state index in [2.05, 4.69) is 30.3 Å². The van der Waals surface area contributed by atoms with Crippen molar-refractivity contribution in [2.75, 3.05) is 13.7 Å². The first-order valence-electron chi connectivity index (χ1n) is 7.82. The van der Waals surface area contributed by atoms with Crippen LogP contribution in [0.3, 0.4) is 0 Å². The van der Waals surface area contributed by atoms with Crippen LogP contribution in [-0.4, -0.2) is 13.7 Å². The van der Waals surface area contributed by atoms with Gasteiger partial charge in [-0.3, -0.25) is 0 Å². The predicted molar refractivity (Wildman–Crippen MR) is 93.8 cm³/mol. The number of aryl methyl sites for hydroxylation is 1. The molecule has 0 saturated heterocycles. The van der Waals surface area contributed by atoms with Crippen LogP contribution >= 0.6 is 11.6 Å². The summed E-state index contributed by atoms with van der Waals surface area (Å²) < 4.78 is 5.17. The topological polar surface area (TPSA) is 35.2 Å². The van der Waals surface area contributed by atoms with E-state index in [0.29, 0.717) is 12.5 Å². The quantitative estimate of drug-likeness (QED) is 0.709. The summed E-state index contributed by atoms with van der Waals surface area (Å²) in [5.74, 6) is 1.26. The van der Waals surface area contributed by atoms with E-state index in [9.17, 15) is 0 Å². The number of hydrogen-bond acceptors (Lipinski definition) is 2. The van der Waals surface area contributed by atoms with Crippen molar-refractivity contribution in [3.05, 3.63) is 64.7 Å². The van der Waals surface area contributed by atoms with Crippen molar-refractivity contribution in [2.45, 2.75) is 31.6 Å². The molecule has 2 rings (SSSR count). The van der Waals surface area contributed by atoms with Crippen molar-refractivity contribution in [3.8, 4) is 5.75 Å². The number of rotatable bonds is 8. The van der Waals surface area contributed by atoms with E-state index in [4.69, 9.17) is 22.1 Å².